The Balaban J connectivity index is 2.27. The molecular weight excluding hydrogens is 467 g/mol. The zero-order valence-corrected chi connectivity index (χ0v) is 17.6. The Morgan fingerprint density at radius 3 is 2.29 bits per heavy atom. The maximum Gasteiger partial charge on any atom is 0.461 e. The van der Waals surface area contributed by atoms with E-state index in [-0.39, 0.29) is 17.9 Å². The molecule has 0 atom stereocenters. The van der Waals surface area contributed by atoms with Gasteiger partial charge in [-0.1, -0.05) is 47.5 Å². The van der Waals surface area contributed by atoms with Gasteiger partial charge in [0.25, 0.3) is 0 Å². The predicted octanol–water partition coefficient (Wildman–Crippen LogP) is 5.97. The molecule has 2 rings (SSSR count). The van der Waals surface area contributed by atoms with Crippen molar-refractivity contribution in [2.45, 2.75) is 19.1 Å². The average molecular weight is 483 g/mol. The molecule has 0 fully saturated rings. The molecule has 0 radical (unpaired) electrons. The molecule has 0 N–H and O–H groups in total. The first-order valence-corrected chi connectivity index (χ1v) is 9.22. The summed E-state index contributed by atoms with van der Waals surface area (Å²) in [6.45, 7) is -0.0890. The van der Waals surface area contributed by atoms with E-state index in [9.17, 15) is 22.4 Å². The fraction of sp³-hybridized carbons (Fsp3) is 0.250. The Kier molecular flexibility index (Phi) is 8.41. The third kappa shape index (κ3) is 6.18. The van der Waals surface area contributed by atoms with Crippen molar-refractivity contribution in [2.24, 2.45) is 0 Å². The number of methoxy groups -OCH3 is 2. The lowest BCUT2D eigenvalue weighted by molar-refractivity contribution is -0.253. The third-order valence-electron chi connectivity index (χ3n) is 3.81. The molecule has 0 saturated heterocycles. The molecule has 5 nitrogen and oxygen atoms in total. The highest BCUT2D eigenvalue weighted by Crippen LogP contribution is 2.41. The lowest BCUT2D eigenvalue weighted by Gasteiger charge is -2.19. The summed E-state index contributed by atoms with van der Waals surface area (Å²) < 4.78 is 70.3. The monoisotopic (exact) mass is 482 g/mol. The maximum atomic E-state index is 13.2. The van der Waals surface area contributed by atoms with E-state index in [0.29, 0.717) is 11.1 Å². The second-order valence-corrected chi connectivity index (χ2v) is 6.70. The Bertz CT molecular complexity index is 943. The largest absolute Gasteiger partial charge is 0.503 e. The van der Waals surface area contributed by atoms with Crippen molar-refractivity contribution in [3.05, 3.63) is 63.8 Å². The van der Waals surface area contributed by atoms with Gasteiger partial charge in [0.2, 0.25) is 0 Å². The van der Waals surface area contributed by atoms with E-state index in [2.05, 4.69) is 4.74 Å². The van der Waals surface area contributed by atoms with Crippen LogP contribution < -0.4 is 9.47 Å². The molecule has 0 aliphatic heterocycles. The molecule has 2 aromatic rings. The van der Waals surface area contributed by atoms with Crippen LogP contribution in [-0.2, 0) is 20.9 Å². The molecule has 0 spiro atoms. The van der Waals surface area contributed by atoms with E-state index in [0.717, 1.165) is 12.1 Å². The molecule has 31 heavy (non-hydrogen) atoms. The summed E-state index contributed by atoms with van der Waals surface area (Å²) in [5, 5.41) is -0.906. The van der Waals surface area contributed by atoms with Gasteiger partial charge >= 0.3 is 18.5 Å². The molecule has 0 bridgehead atoms. The van der Waals surface area contributed by atoms with Crippen LogP contribution in [0.3, 0.4) is 0 Å². The van der Waals surface area contributed by atoms with Gasteiger partial charge in [-0.25, -0.2) is 4.79 Å². The Labute approximate surface area is 185 Å². The maximum absolute atomic E-state index is 13.2. The fourth-order valence-corrected chi connectivity index (χ4v) is 2.96. The van der Waals surface area contributed by atoms with Crippen LogP contribution in [0.4, 0.5) is 17.6 Å². The average Bonchev–Trinajstić information content (AvgIpc) is 2.72. The van der Waals surface area contributed by atoms with Gasteiger partial charge in [-0.3, -0.25) is 0 Å². The van der Waals surface area contributed by atoms with Gasteiger partial charge in [-0.15, -0.1) is 0 Å². The number of esters is 1. The minimum absolute atomic E-state index is 0.0489. The second kappa shape index (κ2) is 10.6. The Morgan fingerprint density at radius 1 is 1.13 bits per heavy atom. The number of alkyl halides is 4. The number of carbonyl (C=O) groups is 1. The number of hydrogen-bond acceptors (Lipinski definition) is 5. The van der Waals surface area contributed by atoms with Crippen molar-refractivity contribution in [3.63, 3.8) is 0 Å². The van der Waals surface area contributed by atoms with Crippen molar-refractivity contribution < 1.29 is 41.3 Å². The van der Waals surface area contributed by atoms with Gasteiger partial charge in [0, 0.05) is 12.1 Å². The molecule has 168 valence electrons. The normalized spacial score (nSPS) is 12.0. The Morgan fingerprint density at radius 2 is 1.74 bits per heavy atom. The van der Waals surface area contributed by atoms with Crippen molar-refractivity contribution in [2.75, 3.05) is 14.2 Å². The third-order valence-corrected chi connectivity index (χ3v) is 4.37. The van der Waals surface area contributed by atoms with Crippen molar-refractivity contribution in [3.8, 4) is 11.5 Å². The molecule has 0 saturated carbocycles. The van der Waals surface area contributed by atoms with Crippen LogP contribution in [0.1, 0.15) is 11.1 Å². The lowest BCUT2D eigenvalue weighted by Crippen LogP contribution is -2.33. The fourth-order valence-electron chi connectivity index (χ4n) is 2.42. The van der Waals surface area contributed by atoms with Gasteiger partial charge in [0.05, 0.1) is 30.5 Å². The van der Waals surface area contributed by atoms with Crippen LogP contribution >= 0.6 is 23.2 Å². The zero-order chi connectivity index (χ0) is 23.2. The molecule has 0 unspecified atom stereocenters. The smallest absolute Gasteiger partial charge is 0.461 e. The summed E-state index contributed by atoms with van der Waals surface area (Å²) in [6, 6.07) is 8.87. The minimum Gasteiger partial charge on any atom is -0.503 e. The zero-order valence-electron chi connectivity index (χ0n) is 16.1. The van der Waals surface area contributed by atoms with Crippen LogP contribution in [0.25, 0.3) is 5.57 Å². The highest BCUT2D eigenvalue weighted by Gasteiger charge is 2.45. The van der Waals surface area contributed by atoms with Crippen LogP contribution in [0.2, 0.25) is 10.0 Å². The van der Waals surface area contributed by atoms with E-state index in [1.54, 1.807) is 24.3 Å². The first-order valence-electron chi connectivity index (χ1n) is 8.47. The Hall–Kier alpha value is -2.65. The lowest BCUT2D eigenvalue weighted by atomic mass is 10.0. The summed E-state index contributed by atoms with van der Waals surface area (Å²) in [5.74, 6) is -1.40. The standard InChI is InChI=1S/C20H16Cl2F4O5/c1-28-10-14(18(27)29-2)13-6-4-3-5-11(13)9-30-12-7-15(21)17(16(22)8-12)31-20(25,26)19(23)24/h3-8,10,19H,9H2,1-2H3/b14-10+. The summed E-state index contributed by atoms with van der Waals surface area (Å²) in [5.41, 5.74) is 1.15. The predicted molar refractivity (Wildman–Crippen MR) is 106 cm³/mol. The first-order chi connectivity index (χ1) is 14.6. The first kappa shape index (κ1) is 24.6. The number of hydrogen-bond donors (Lipinski definition) is 0. The van der Waals surface area contributed by atoms with Gasteiger partial charge in [0.1, 0.15) is 17.9 Å². The number of rotatable bonds is 9. The number of halogens is 6. The van der Waals surface area contributed by atoms with E-state index in [1.807, 2.05) is 0 Å². The molecule has 0 amide bonds. The topological polar surface area (TPSA) is 54.0 Å². The van der Waals surface area contributed by atoms with Gasteiger partial charge in [-0.2, -0.15) is 17.6 Å². The summed E-state index contributed by atoms with van der Waals surface area (Å²) in [7, 11) is 2.59. The van der Waals surface area contributed by atoms with E-state index in [4.69, 9.17) is 37.4 Å². The quantitative estimate of drug-likeness (QED) is 0.191. The minimum atomic E-state index is -4.77. The van der Waals surface area contributed by atoms with E-state index >= 15 is 0 Å². The van der Waals surface area contributed by atoms with Crippen LogP contribution in [-0.4, -0.2) is 32.7 Å². The number of ether oxygens (including phenoxy) is 4. The van der Waals surface area contributed by atoms with Crippen molar-refractivity contribution in [1.29, 1.82) is 0 Å². The molecule has 2 aromatic carbocycles. The molecule has 0 aromatic heterocycles. The highest BCUT2D eigenvalue weighted by molar-refractivity contribution is 6.37. The molecule has 0 aliphatic carbocycles. The van der Waals surface area contributed by atoms with Gasteiger partial charge < -0.3 is 18.9 Å². The summed E-state index contributed by atoms with van der Waals surface area (Å²) >= 11 is 11.7. The van der Waals surface area contributed by atoms with Crippen molar-refractivity contribution in [1.82, 2.24) is 0 Å². The molecule has 11 heteroatoms. The highest BCUT2D eigenvalue weighted by atomic mass is 35.5. The van der Waals surface area contributed by atoms with Gasteiger partial charge in [0.15, 0.2) is 5.75 Å². The van der Waals surface area contributed by atoms with Crippen LogP contribution in [0.15, 0.2) is 42.7 Å². The number of benzene rings is 2. The summed E-state index contributed by atoms with van der Waals surface area (Å²) in [4.78, 5) is 12.0. The van der Waals surface area contributed by atoms with E-state index < -0.39 is 34.3 Å². The number of carbonyl (C=O) groups excluding carboxylic acids is 1. The second-order valence-electron chi connectivity index (χ2n) is 5.89. The van der Waals surface area contributed by atoms with E-state index in [1.165, 1.54) is 20.5 Å². The molecule has 0 heterocycles. The van der Waals surface area contributed by atoms with Crippen LogP contribution in [0, 0.1) is 0 Å². The van der Waals surface area contributed by atoms with Crippen LogP contribution in [0.5, 0.6) is 11.5 Å². The molecule has 0 aliphatic rings. The SMILES string of the molecule is CO/C=C(/C(=O)OC)c1ccccc1COc1cc(Cl)c(OC(F)(F)C(F)F)c(Cl)c1. The summed E-state index contributed by atoms with van der Waals surface area (Å²) in [6.07, 6.45) is -7.63. The molecular formula is C20H16Cl2F4O5. The van der Waals surface area contributed by atoms with Crippen molar-refractivity contribution >= 4 is 34.7 Å². The van der Waals surface area contributed by atoms with Gasteiger partial charge in [-0.05, 0) is 11.1 Å².